The monoisotopic (exact) mass is 417 g/mol. The average Bonchev–Trinajstić information content (AvgIpc) is 3.32. The minimum Gasteiger partial charge on any atom is -0.472 e. The molecule has 146 valence electrons. The third-order valence-electron chi connectivity index (χ3n) is 4.82. The highest BCUT2D eigenvalue weighted by molar-refractivity contribution is 7.89. The Morgan fingerprint density at radius 1 is 1.25 bits per heavy atom. The fourth-order valence-corrected chi connectivity index (χ4v) is 5.61. The first-order valence-electron chi connectivity index (χ1n) is 8.74. The molecular weight excluding hydrogens is 398 g/mol. The Bertz CT molecular complexity index is 1130. The molecule has 0 fully saturated rings. The van der Waals surface area contributed by atoms with Crippen LogP contribution in [0.5, 0.6) is 0 Å². The number of carbonyl (C=O) groups is 1. The Morgan fingerprint density at radius 3 is 2.79 bits per heavy atom. The number of aromatic nitrogens is 1. The molecule has 9 heteroatoms. The molecule has 0 atom stereocenters. The van der Waals surface area contributed by atoms with Gasteiger partial charge in [-0.15, -0.1) is 11.3 Å². The normalized spacial score (nSPS) is 14.6. The first kappa shape index (κ1) is 18.9. The zero-order valence-electron chi connectivity index (χ0n) is 15.4. The fraction of sp³-hybridized carbons (Fsp3) is 0.263. The number of anilines is 1. The molecule has 1 aliphatic heterocycles. The van der Waals surface area contributed by atoms with Gasteiger partial charge in [0.2, 0.25) is 10.0 Å². The maximum atomic E-state index is 13.0. The molecule has 1 aromatic carbocycles. The largest absolute Gasteiger partial charge is 0.472 e. The van der Waals surface area contributed by atoms with E-state index in [2.05, 4.69) is 10.3 Å². The SMILES string of the molecule is Cc1ccc(S(=O)(=O)N2CCc3nc(NC(=O)c4ccoc4)sc3C2)cc1C. The quantitative estimate of drug-likeness (QED) is 0.703. The molecule has 0 bridgehead atoms. The van der Waals surface area contributed by atoms with Crippen molar-refractivity contribution >= 4 is 32.4 Å². The highest BCUT2D eigenvalue weighted by Crippen LogP contribution is 2.31. The summed E-state index contributed by atoms with van der Waals surface area (Å²) >= 11 is 1.30. The number of sulfonamides is 1. The Kier molecular flexibility index (Phi) is 4.82. The molecule has 0 unspecified atom stereocenters. The first-order valence-corrected chi connectivity index (χ1v) is 11.0. The van der Waals surface area contributed by atoms with Crippen molar-refractivity contribution in [2.75, 3.05) is 11.9 Å². The van der Waals surface area contributed by atoms with Gasteiger partial charge >= 0.3 is 0 Å². The maximum absolute atomic E-state index is 13.0. The van der Waals surface area contributed by atoms with Crippen LogP contribution in [-0.4, -0.2) is 30.2 Å². The topological polar surface area (TPSA) is 92.5 Å². The van der Waals surface area contributed by atoms with Crippen molar-refractivity contribution in [3.05, 3.63) is 64.1 Å². The lowest BCUT2D eigenvalue weighted by atomic mass is 10.1. The zero-order chi connectivity index (χ0) is 19.9. The van der Waals surface area contributed by atoms with Crippen LogP contribution < -0.4 is 5.32 Å². The van der Waals surface area contributed by atoms with E-state index in [1.165, 1.54) is 28.2 Å². The number of furan rings is 1. The van der Waals surface area contributed by atoms with Crippen molar-refractivity contribution < 1.29 is 17.6 Å². The number of thiazole rings is 1. The summed E-state index contributed by atoms with van der Waals surface area (Å²) in [6.45, 7) is 4.47. The smallest absolute Gasteiger partial charge is 0.260 e. The number of carbonyl (C=O) groups excluding carboxylic acids is 1. The van der Waals surface area contributed by atoms with Crippen LogP contribution in [0.4, 0.5) is 5.13 Å². The van der Waals surface area contributed by atoms with Gasteiger partial charge in [0, 0.05) is 17.8 Å². The minimum atomic E-state index is -3.58. The Morgan fingerprint density at radius 2 is 2.07 bits per heavy atom. The van der Waals surface area contributed by atoms with Crippen molar-refractivity contribution in [3.8, 4) is 0 Å². The molecule has 1 amide bonds. The predicted octanol–water partition coefficient (Wildman–Crippen LogP) is 3.35. The van der Waals surface area contributed by atoms with E-state index in [1.54, 1.807) is 18.2 Å². The number of benzene rings is 1. The van der Waals surface area contributed by atoms with E-state index in [4.69, 9.17) is 4.42 Å². The molecule has 1 aliphatic rings. The number of hydrogen-bond acceptors (Lipinski definition) is 6. The van der Waals surface area contributed by atoms with E-state index in [0.29, 0.717) is 28.6 Å². The zero-order valence-corrected chi connectivity index (χ0v) is 17.1. The van der Waals surface area contributed by atoms with Gasteiger partial charge < -0.3 is 4.42 Å². The Balaban J connectivity index is 1.54. The van der Waals surface area contributed by atoms with Gasteiger partial charge in [0.25, 0.3) is 5.91 Å². The van der Waals surface area contributed by atoms with Crippen LogP contribution in [-0.2, 0) is 23.0 Å². The number of rotatable bonds is 4. The first-order chi connectivity index (χ1) is 13.3. The van der Waals surface area contributed by atoms with E-state index in [1.807, 2.05) is 19.9 Å². The van der Waals surface area contributed by atoms with E-state index in [9.17, 15) is 13.2 Å². The average molecular weight is 418 g/mol. The summed E-state index contributed by atoms with van der Waals surface area (Å²) in [6, 6.07) is 6.76. The van der Waals surface area contributed by atoms with Gasteiger partial charge in [-0.3, -0.25) is 10.1 Å². The van der Waals surface area contributed by atoms with Crippen molar-refractivity contribution in [3.63, 3.8) is 0 Å². The third kappa shape index (κ3) is 3.48. The van der Waals surface area contributed by atoms with E-state index in [0.717, 1.165) is 21.7 Å². The molecule has 0 saturated carbocycles. The second-order valence-corrected chi connectivity index (χ2v) is 9.71. The summed E-state index contributed by atoms with van der Waals surface area (Å²) in [5.41, 5.74) is 3.24. The van der Waals surface area contributed by atoms with Crippen molar-refractivity contribution in [1.29, 1.82) is 0 Å². The Hall–Kier alpha value is -2.49. The molecule has 7 nitrogen and oxygen atoms in total. The van der Waals surface area contributed by atoms with Crippen LogP contribution in [0.2, 0.25) is 0 Å². The number of nitrogens with zero attached hydrogens (tertiary/aromatic N) is 2. The minimum absolute atomic E-state index is 0.254. The molecule has 0 saturated heterocycles. The summed E-state index contributed by atoms with van der Waals surface area (Å²) in [5.74, 6) is -0.306. The number of amides is 1. The van der Waals surface area contributed by atoms with Gasteiger partial charge in [0.1, 0.15) is 6.26 Å². The number of fused-ring (bicyclic) bond motifs is 1. The molecule has 3 heterocycles. The summed E-state index contributed by atoms with van der Waals surface area (Å²) in [5, 5.41) is 3.20. The van der Waals surface area contributed by atoms with Gasteiger partial charge in [-0.1, -0.05) is 6.07 Å². The van der Waals surface area contributed by atoms with Crippen LogP contribution in [0.3, 0.4) is 0 Å². The molecule has 1 N–H and O–H groups in total. The summed E-state index contributed by atoms with van der Waals surface area (Å²) < 4.78 is 32.4. The highest BCUT2D eigenvalue weighted by atomic mass is 32.2. The molecule has 0 radical (unpaired) electrons. The second kappa shape index (κ2) is 7.16. The van der Waals surface area contributed by atoms with Crippen LogP contribution in [0.1, 0.15) is 32.1 Å². The van der Waals surface area contributed by atoms with Crippen molar-refractivity contribution in [2.24, 2.45) is 0 Å². The predicted molar refractivity (Wildman–Crippen MR) is 106 cm³/mol. The molecule has 4 rings (SSSR count). The van der Waals surface area contributed by atoms with E-state index < -0.39 is 10.0 Å². The van der Waals surface area contributed by atoms with E-state index in [-0.39, 0.29) is 12.5 Å². The van der Waals surface area contributed by atoms with Gasteiger partial charge in [-0.05, 0) is 43.2 Å². The highest BCUT2D eigenvalue weighted by Gasteiger charge is 2.30. The van der Waals surface area contributed by atoms with Crippen LogP contribution in [0.15, 0.2) is 46.1 Å². The summed E-state index contributed by atoms with van der Waals surface area (Å²) in [7, 11) is -3.58. The third-order valence-corrected chi connectivity index (χ3v) is 7.66. The van der Waals surface area contributed by atoms with Crippen molar-refractivity contribution in [2.45, 2.75) is 31.7 Å². The number of hydrogen-bond donors (Lipinski definition) is 1. The number of nitrogens with one attached hydrogen (secondary N) is 1. The van der Waals surface area contributed by atoms with Crippen LogP contribution in [0, 0.1) is 13.8 Å². The molecule has 2 aromatic heterocycles. The summed E-state index contributed by atoms with van der Waals surface area (Å²) in [6.07, 6.45) is 3.30. The standard InChI is InChI=1S/C19H19N3O4S2/c1-12-3-4-15(9-13(12)2)28(24,25)22-7-5-16-17(10-22)27-19(20-16)21-18(23)14-6-8-26-11-14/h3-4,6,8-9,11H,5,7,10H2,1-2H3,(H,20,21,23). The fourth-order valence-electron chi connectivity index (χ4n) is 3.02. The van der Waals surface area contributed by atoms with Gasteiger partial charge in [-0.2, -0.15) is 4.31 Å². The lowest BCUT2D eigenvalue weighted by Gasteiger charge is -2.25. The maximum Gasteiger partial charge on any atom is 0.260 e. The van der Waals surface area contributed by atoms with Crippen molar-refractivity contribution in [1.82, 2.24) is 9.29 Å². The lowest BCUT2D eigenvalue weighted by Crippen LogP contribution is -2.35. The molecule has 0 spiro atoms. The Labute approximate surface area is 167 Å². The second-order valence-electron chi connectivity index (χ2n) is 6.69. The van der Waals surface area contributed by atoms with Crippen LogP contribution in [0.25, 0.3) is 0 Å². The summed E-state index contributed by atoms with van der Waals surface area (Å²) in [4.78, 5) is 17.7. The van der Waals surface area contributed by atoms with Crippen LogP contribution >= 0.6 is 11.3 Å². The molecule has 3 aromatic rings. The van der Waals surface area contributed by atoms with Gasteiger partial charge in [-0.25, -0.2) is 13.4 Å². The molecular formula is C19H19N3O4S2. The van der Waals surface area contributed by atoms with Gasteiger partial charge in [0.15, 0.2) is 5.13 Å². The molecule has 0 aliphatic carbocycles. The van der Waals surface area contributed by atoms with E-state index >= 15 is 0 Å². The molecule has 28 heavy (non-hydrogen) atoms. The number of aryl methyl sites for hydroxylation is 2. The lowest BCUT2D eigenvalue weighted by molar-refractivity contribution is 0.102. The van der Waals surface area contributed by atoms with Gasteiger partial charge in [0.05, 0.1) is 29.0 Å².